The summed E-state index contributed by atoms with van der Waals surface area (Å²) in [6.07, 6.45) is 6.39. The molecule has 118 valence electrons. The van der Waals surface area contributed by atoms with Crippen LogP contribution in [0.25, 0.3) is 0 Å². The van der Waals surface area contributed by atoms with Crippen LogP contribution in [0.5, 0.6) is 0 Å². The van der Waals surface area contributed by atoms with Crippen molar-refractivity contribution in [2.45, 2.75) is 63.7 Å². The highest BCUT2D eigenvalue weighted by molar-refractivity contribution is 9.10. The highest BCUT2D eigenvalue weighted by Gasteiger charge is 2.34. The van der Waals surface area contributed by atoms with Gasteiger partial charge < -0.3 is 4.55 Å². The predicted octanol–water partition coefficient (Wildman–Crippen LogP) is 5.12. The van der Waals surface area contributed by atoms with Gasteiger partial charge in [-0.25, -0.2) is 0 Å². The molecule has 0 heterocycles. The second-order valence-corrected chi connectivity index (χ2v) is 9.84. The van der Waals surface area contributed by atoms with E-state index in [2.05, 4.69) is 44.9 Å². The van der Waals surface area contributed by atoms with E-state index in [1.807, 2.05) is 20.8 Å². The summed E-state index contributed by atoms with van der Waals surface area (Å²) in [5.74, 6) is 0.589. The molecule has 0 radical (unpaired) electrons. The molecule has 1 N–H and O–H groups in total. The van der Waals surface area contributed by atoms with Crippen LogP contribution in [0.4, 0.5) is 0 Å². The lowest BCUT2D eigenvalue weighted by atomic mass is 9.81. The maximum Gasteiger partial charge on any atom is 0.136 e. The fourth-order valence-electron chi connectivity index (χ4n) is 2.87. The van der Waals surface area contributed by atoms with Crippen molar-refractivity contribution in [3.05, 3.63) is 34.3 Å². The third-order valence-electron chi connectivity index (χ3n) is 4.14. The number of nitrogens with one attached hydrogen (secondary N) is 1. The van der Waals surface area contributed by atoms with Gasteiger partial charge in [-0.3, -0.25) is 0 Å². The highest BCUT2D eigenvalue weighted by atomic mass is 79.9. The minimum absolute atomic E-state index is 0.193. The lowest BCUT2D eigenvalue weighted by molar-refractivity contribution is 0.292. The molecule has 0 saturated heterocycles. The first kappa shape index (κ1) is 17.3. The first-order valence-corrected chi connectivity index (χ1v) is 9.76. The Labute approximate surface area is 140 Å². The molecule has 0 unspecified atom stereocenters. The molecular weight excluding hydrogens is 346 g/mol. The van der Waals surface area contributed by atoms with Crippen LogP contribution < -0.4 is 4.72 Å². The zero-order chi connectivity index (χ0) is 15.5. The van der Waals surface area contributed by atoms with E-state index in [-0.39, 0.29) is 10.8 Å². The summed E-state index contributed by atoms with van der Waals surface area (Å²) in [6, 6.07) is 8.64. The number of benzene rings is 1. The summed E-state index contributed by atoms with van der Waals surface area (Å²) in [7, 11) is 0. The van der Waals surface area contributed by atoms with Crippen LogP contribution in [0.15, 0.2) is 28.7 Å². The molecule has 1 fully saturated rings. The standard InChI is InChI=1S/C17H26BrNOS/c1-17(2,3)21(20)19-16(13-7-5-4-6-8-13)14-9-11-15(18)12-10-14/h9-13,16,19H,4-8H2,1-3H3/t16-,21-/m1/s1. The molecule has 2 nitrogen and oxygen atoms in total. The second-order valence-electron chi connectivity index (χ2n) is 6.93. The van der Waals surface area contributed by atoms with Gasteiger partial charge in [-0.1, -0.05) is 47.3 Å². The van der Waals surface area contributed by atoms with Crippen molar-refractivity contribution in [3.8, 4) is 0 Å². The third kappa shape index (κ3) is 4.98. The van der Waals surface area contributed by atoms with Gasteiger partial charge in [-0.2, -0.15) is 0 Å². The summed E-state index contributed by atoms with van der Waals surface area (Å²) < 4.78 is 16.8. The van der Waals surface area contributed by atoms with Crippen LogP contribution in [0.3, 0.4) is 0 Å². The van der Waals surface area contributed by atoms with Crippen molar-refractivity contribution in [2.75, 3.05) is 0 Å². The largest absolute Gasteiger partial charge is 0.598 e. The number of halogens is 1. The van der Waals surface area contributed by atoms with Gasteiger partial charge in [-0.05, 0) is 57.2 Å². The van der Waals surface area contributed by atoms with Crippen molar-refractivity contribution >= 4 is 27.3 Å². The summed E-state index contributed by atoms with van der Waals surface area (Å²) in [5, 5.41) is 0. The zero-order valence-corrected chi connectivity index (χ0v) is 15.6. The van der Waals surface area contributed by atoms with Crippen LogP contribution in [-0.4, -0.2) is 9.30 Å². The third-order valence-corrected chi connectivity index (χ3v) is 6.25. The molecule has 21 heavy (non-hydrogen) atoms. The van der Waals surface area contributed by atoms with Crippen LogP contribution >= 0.6 is 15.9 Å². The van der Waals surface area contributed by atoms with Crippen LogP contribution in [0.2, 0.25) is 0 Å². The van der Waals surface area contributed by atoms with Gasteiger partial charge in [-0.15, -0.1) is 4.72 Å². The van der Waals surface area contributed by atoms with Crippen LogP contribution in [0, 0.1) is 5.92 Å². The van der Waals surface area contributed by atoms with E-state index < -0.39 is 11.4 Å². The van der Waals surface area contributed by atoms with E-state index in [1.54, 1.807) is 0 Å². The Bertz CT molecular complexity index is 437. The van der Waals surface area contributed by atoms with Crippen LogP contribution in [-0.2, 0) is 11.4 Å². The number of hydrogen-bond donors (Lipinski definition) is 1. The fourth-order valence-corrected chi connectivity index (χ4v) is 4.04. The molecule has 1 aliphatic rings. The Hall–Kier alpha value is -0.0300. The number of hydrogen-bond acceptors (Lipinski definition) is 2. The van der Waals surface area contributed by atoms with Crippen molar-refractivity contribution in [3.63, 3.8) is 0 Å². The maximum absolute atomic E-state index is 12.5. The topological polar surface area (TPSA) is 35.1 Å². The fraction of sp³-hybridized carbons (Fsp3) is 0.647. The van der Waals surface area contributed by atoms with Crippen molar-refractivity contribution in [2.24, 2.45) is 5.92 Å². The Morgan fingerprint density at radius 1 is 1.14 bits per heavy atom. The molecular formula is C17H26BrNOS. The Morgan fingerprint density at radius 2 is 1.71 bits per heavy atom. The smallest absolute Gasteiger partial charge is 0.136 e. The molecule has 0 amide bonds. The Balaban J connectivity index is 2.19. The molecule has 2 rings (SSSR count). The molecule has 1 aromatic carbocycles. The SMILES string of the molecule is CC(C)(C)[S@@+]([O-])N[C@@H](c1ccc(Br)cc1)C1CCCCC1. The van der Waals surface area contributed by atoms with Gasteiger partial charge in [0.15, 0.2) is 0 Å². The van der Waals surface area contributed by atoms with E-state index in [1.165, 1.54) is 37.7 Å². The quantitative estimate of drug-likeness (QED) is 0.745. The minimum Gasteiger partial charge on any atom is -0.598 e. The minimum atomic E-state index is -1.04. The van der Waals surface area contributed by atoms with Gasteiger partial charge in [0.1, 0.15) is 4.75 Å². The molecule has 2 atom stereocenters. The van der Waals surface area contributed by atoms with E-state index in [9.17, 15) is 4.55 Å². The molecule has 1 saturated carbocycles. The van der Waals surface area contributed by atoms with Gasteiger partial charge in [0.2, 0.25) is 0 Å². The van der Waals surface area contributed by atoms with Crippen molar-refractivity contribution in [1.82, 2.24) is 4.72 Å². The lowest BCUT2D eigenvalue weighted by Crippen LogP contribution is -2.43. The van der Waals surface area contributed by atoms with E-state index in [4.69, 9.17) is 0 Å². The average Bonchev–Trinajstić information content (AvgIpc) is 2.45. The second kappa shape index (κ2) is 7.49. The molecule has 4 heteroatoms. The van der Waals surface area contributed by atoms with Gasteiger partial charge in [0.25, 0.3) is 0 Å². The predicted molar refractivity (Wildman–Crippen MR) is 94.5 cm³/mol. The maximum atomic E-state index is 12.5. The summed E-state index contributed by atoms with van der Waals surface area (Å²) in [5.41, 5.74) is 1.25. The Morgan fingerprint density at radius 3 is 2.24 bits per heavy atom. The Kier molecular flexibility index (Phi) is 6.18. The molecule has 1 aromatic rings. The average molecular weight is 372 g/mol. The van der Waals surface area contributed by atoms with Gasteiger partial charge >= 0.3 is 0 Å². The molecule has 0 spiro atoms. The highest BCUT2D eigenvalue weighted by Crippen LogP contribution is 2.36. The summed E-state index contributed by atoms with van der Waals surface area (Å²) >= 11 is 2.46. The monoisotopic (exact) mass is 371 g/mol. The van der Waals surface area contributed by atoms with Gasteiger partial charge in [0, 0.05) is 15.8 Å². The zero-order valence-electron chi connectivity index (χ0n) is 13.2. The first-order chi connectivity index (χ1) is 9.88. The van der Waals surface area contributed by atoms with Crippen LogP contribution in [0.1, 0.15) is 64.5 Å². The van der Waals surface area contributed by atoms with E-state index >= 15 is 0 Å². The molecule has 0 aromatic heterocycles. The molecule has 1 aliphatic carbocycles. The summed E-state index contributed by atoms with van der Waals surface area (Å²) in [4.78, 5) is 0. The van der Waals surface area contributed by atoms with Crippen molar-refractivity contribution in [1.29, 1.82) is 0 Å². The normalized spacial score (nSPS) is 20.2. The lowest BCUT2D eigenvalue weighted by Gasteiger charge is -2.34. The molecule has 0 aliphatic heterocycles. The number of rotatable bonds is 4. The first-order valence-electron chi connectivity index (χ1n) is 7.81. The molecule has 0 bridgehead atoms. The van der Waals surface area contributed by atoms with E-state index in [0.717, 1.165) is 4.47 Å². The summed E-state index contributed by atoms with van der Waals surface area (Å²) in [6.45, 7) is 6.07. The van der Waals surface area contributed by atoms with Gasteiger partial charge in [0.05, 0.1) is 6.04 Å². The van der Waals surface area contributed by atoms with Crippen molar-refractivity contribution < 1.29 is 4.55 Å². The van der Waals surface area contributed by atoms with E-state index in [0.29, 0.717) is 5.92 Å².